The van der Waals surface area contributed by atoms with Gasteiger partial charge in [-0.25, -0.2) is 4.68 Å². The maximum Gasteiger partial charge on any atom is 0.260 e. The first-order valence-corrected chi connectivity index (χ1v) is 10.5. The molecule has 0 radical (unpaired) electrons. The lowest BCUT2D eigenvalue weighted by Gasteiger charge is -2.12. The standard InChI is InChI=1S/C25H22N4O2S/c1-18-23(16-26-29(18)21-12-6-3-7-13-21)24(30)28-25(32)27-20-11-8-14-22(15-20)31-17-19-9-4-2-5-10-19/h2-16H,17H2,1H3,(H2,27,28,30,32). The van der Waals surface area contributed by atoms with Crippen molar-refractivity contribution >= 4 is 28.9 Å². The molecule has 1 aromatic heterocycles. The molecule has 1 heterocycles. The Morgan fingerprint density at radius 3 is 2.47 bits per heavy atom. The van der Waals surface area contributed by atoms with Crippen molar-refractivity contribution in [2.45, 2.75) is 13.5 Å². The number of rotatable bonds is 6. The van der Waals surface area contributed by atoms with Gasteiger partial charge in [0.15, 0.2) is 5.11 Å². The van der Waals surface area contributed by atoms with Crippen LogP contribution >= 0.6 is 12.2 Å². The zero-order valence-electron chi connectivity index (χ0n) is 17.5. The monoisotopic (exact) mass is 442 g/mol. The van der Waals surface area contributed by atoms with Gasteiger partial charge in [0.1, 0.15) is 12.4 Å². The Kier molecular flexibility index (Phi) is 6.57. The highest BCUT2D eigenvalue weighted by Gasteiger charge is 2.16. The Hall–Kier alpha value is -3.97. The van der Waals surface area contributed by atoms with E-state index in [1.165, 1.54) is 0 Å². The molecule has 1 amide bonds. The summed E-state index contributed by atoms with van der Waals surface area (Å²) in [4.78, 5) is 12.7. The summed E-state index contributed by atoms with van der Waals surface area (Å²) in [5.41, 5.74) is 3.88. The van der Waals surface area contributed by atoms with Crippen molar-refractivity contribution in [2.75, 3.05) is 5.32 Å². The van der Waals surface area contributed by atoms with Crippen LogP contribution in [0.3, 0.4) is 0 Å². The topological polar surface area (TPSA) is 68.2 Å². The molecule has 7 heteroatoms. The van der Waals surface area contributed by atoms with Crippen LogP contribution in [0.5, 0.6) is 5.75 Å². The Labute approximate surface area is 191 Å². The summed E-state index contributed by atoms with van der Waals surface area (Å²) in [6.45, 7) is 2.31. The van der Waals surface area contributed by atoms with E-state index in [0.29, 0.717) is 17.9 Å². The molecule has 0 bridgehead atoms. The third-order valence-electron chi connectivity index (χ3n) is 4.82. The minimum atomic E-state index is -0.321. The van der Waals surface area contributed by atoms with Crippen LogP contribution in [0.1, 0.15) is 21.6 Å². The second-order valence-corrected chi connectivity index (χ2v) is 7.51. The van der Waals surface area contributed by atoms with Crippen LogP contribution in [0, 0.1) is 6.92 Å². The summed E-state index contributed by atoms with van der Waals surface area (Å²) in [6.07, 6.45) is 1.54. The highest BCUT2D eigenvalue weighted by Crippen LogP contribution is 2.19. The maximum atomic E-state index is 12.7. The van der Waals surface area contributed by atoms with Gasteiger partial charge < -0.3 is 10.1 Å². The number of hydrogen-bond donors (Lipinski definition) is 2. The number of benzene rings is 3. The molecule has 0 aliphatic heterocycles. The van der Waals surface area contributed by atoms with Gasteiger partial charge in [0, 0.05) is 11.8 Å². The molecule has 0 saturated heterocycles. The fourth-order valence-electron chi connectivity index (χ4n) is 3.20. The van der Waals surface area contributed by atoms with Gasteiger partial charge in [-0.05, 0) is 49.0 Å². The van der Waals surface area contributed by atoms with Crippen molar-refractivity contribution in [3.63, 3.8) is 0 Å². The van der Waals surface area contributed by atoms with E-state index in [1.807, 2.05) is 91.9 Å². The molecule has 4 aromatic rings. The number of carbonyl (C=O) groups is 1. The molecule has 160 valence electrons. The molecule has 0 spiro atoms. The van der Waals surface area contributed by atoms with Crippen molar-refractivity contribution in [3.05, 3.63) is 108 Å². The van der Waals surface area contributed by atoms with Gasteiger partial charge in [0.05, 0.1) is 23.1 Å². The van der Waals surface area contributed by atoms with Crippen LogP contribution in [0.2, 0.25) is 0 Å². The van der Waals surface area contributed by atoms with E-state index in [1.54, 1.807) is 10.9 Å². The van der Waals surface area contributed by atoms with Crippen molar-refractivity contribution in [3.8, 4) is 11.4 Å². The van der Waals surface area contributed by atoms with E-state index in [0.717, 1.165) is 22.6 Å². The van der Waals surface area contributed by atoms with E-state index >= 15 is 0 Å². The first kappa shape index (κ1) is 21.3. The van der Waals surface area contributed by atoms with E-state index in [-0.39, 0.29) is 11.0 Å². The molecule has 0 aliphatic carbocycles. The fraction of sp³-hybridized carbons (Fsp3) is 0.0800. The van der Waals surface area contributed by atoms with Crippen LogP contribution in [-0.2, 0) is 6.61 Å². The van der Waals surface area contributed by atoms with Gasteiger partial charge in [0.25, 0.3) is 5.91 Å². The van der Waals surface area contributed by atoms with Crippen LogP contribution in [0.25, 0.3) is 5.69 Å². The second-order valence-electron chi connectivity index (χ2n) is 7.10. The molecule has 0 fully saturated rings. The summed E-state index contributed by atoms with van der Waals surface area (Å²) >= 11 is 5.33. The smallest absolute Gasteiger partial charge is 0.260 e. The molecule has 4 rings (SSSR count). The number of para-hydroxylation sites is 1. The average molecular weight is 443 g/mol. The molecular formula is C25H22N4O2S. The summed E-state index contributed by atoms with van der Waals surface area (Å²) in [5, 5.41) is 10.3. The summed E-state index contributed by atoms with van der Waals surface area (Å²) in [7, 11) is 0. The minimum absolute atomic E-state index is 0.196. The van der Waals surface area contributed by atoms with Crippen molar-refractivity contribution < 1.29 is 9.53 Å². The lowest BCUT2D eigenvalue weighted by Crippen LogP contribution is -2.34. The molecule has 0 saturated carbocycles. The number of ether oxygens (including phenoxy) is 1. The summed E-state index contributed by atoms with van der Waals surface area (Å²) in [5.74, 6) is 0.381. The number of thiocarbonyl (C=S) groups is 1. The third-order valence-corrected chi connectivity index (χ3v) is 5.03. The van der Waals surface area contributed by atoms with Crippen molar-refractivity contribution in [2.24, 2.45) is 0 Å². The first-order chi connectivity index (χ1) is 15.6. The van der Waals surface area contributed by atoms with Crippen LogP contribution in [-0.4, -0.2) is 20.8 Å². The predicted molar refractivity (Wildman–Crippen MR) is 129 cm³/mol. The third kappa shape index (κ3) is 5.19. The Morgan fingerprint density at radius 2 is 1.72 bits per heavy atom. The highest BCUT2D eigenvalue weighted by molar-refractivity contribution is 7.80. The lowest BCUT2D eigenvalue weighted by atomic mass is 10.2. The normalized spacial score (nSPS) is 10.4. The van der Waals surface area contributed by atoms with Gasteiger partial charge >= 0.3 is 0 Å². The molecule has 0 aliphatic rings. The second kappa shape index (κ2) is 9.89. The van der Waals surface area contributed by atoms with E-state index < -0.39 is 0 Å². The minimum Gasteiger partial charge on any atom is -0.489 e. The zero-order valence-corrected chi connectivity index (χ0v) is 18.3. The molecule has 0 atom stereocenters. The quantitative estimate of drug-likeness (QED) is 0.416. The van der Waals surface area contributed by atoms with Gasteiger partial charge in [-0.3, -0.25) is 10.1 Å². The summed E-state index contributed by atoms with van der Waals surface area (Å²) < 4.78 is 7.56. The van der Waals surface area contributed by atoms with Crippen molar-refractivity contribution in [1.82, 2.24) is 15.1 Å². The SMILES string of the molecule is Cc1c(C(=O)NC(=S)Nc2cccc(OCc3ccccc3)c2)cnn1-c1ccccc1. The summed E-state index contributed by atoms with van der Waals surface area (Å²) in [6, 6.07) is 27.0. The molecule has 0 unspecified atom stereocenters. The maximum absolute atomic E-state index is 12.7. The number of hydrogen-bond acceptors (Lipinski definition) is 4. The molecule has 3 aromatic carbocycles. The lowest BCUT2D eigenvalue weighted by molar-refractivity contribution is 0.0977. The first-order valence-electron chi connectivity index (χ1n) is 10.1. The number of aromatic nitrogens is 2. The number of nitrogens with one attached hydrogen (secondary N) is 2. The Bertz CT molecular complexity index is 1220. The molecule has 2 N–H and O–H groups in total. The Balaban J connectivity index is 1.37. The zero-order chi connectivity index (χ0) is 22.3. The van der Waals surface area contributed by atoms with Crippen LogP contribution < -0.4 is 15.4 Å². The number of nitrogens with zero attached hydrogens (tertiary/aromatic N) is 2. The van der Waals surface area contributed by atoms with Crippen molar-refractivity contribution in [1.29, 1.82) is 0 Å². The van der Waals surface area contributed by atoms with Crippen LogP contribution in [0.4, 0.5) is 5.69 Å². The van der Waals surface area contributed by atoms with E-state index in [9.17, 15) is 4.79 Å². The van der Waals surface area contributed by atoms with Gasteiger partial charge in [0.2, 0.25) is 0 Å². The van der Waals surface area contributed by atoms with Gasteiger partial charge in [-0.2, -0.15) is 5.10 Å². The Morgan fingerprint density at radius 1 is 1.00 bits per heavy atom. The van der Waals surface area contributed by atoms with E-state index in [4.69, 9.17) is 17.0 Å². The fourth-order valence-corrected chi connectivity index (χ4v) is 3.41. The molecule has 6 nitrogen and oxygen atoms in total. The largest absolute Gasteiger partial charge is 0.489 e. The number of amides is 1. The van der Waals surface area contributed by atoms with Gasteiger partial charge in [-0.1, -0.05) is 54.6 Å². The van der Waals surface area contributed by atoms with Gasteiger partial charge in [-0.15, -0.1) is 0 Å². The predicted octanol–water partition coefficient (Wildman–Crippen LogP) is 4.89. The molecular weight excluding hydrogens is 420 g/mol. The molecule has 32 heavy (non-hydrogen) atoms. The average Bonchev–Trinajstić information content (AvgIpc) is 3.20. The number of anilines is 1. The van der Waals surface area contributed by atoms with Crippen LogP contribution in [0.15, 0.2) is 91.1 Å². The van der Waals surface area contributed by atoms with E-state index in [2.05, 4.69) is 15.7 Å². The highest BCUT2D eigenvalue weighted by atomic mass is 32.1. The number of carbonyl (C=O) groups excluding carboxylic acids is 1.